The van der Waals surface area contributed by atoms with Crippen molar-refractivity contribution in [2.75, 3.05) is 13.7 Å². The second kappa shape index (κ2) is 20.9. The number of methoxy groups -OCH3 is 1. The van der Waals surface area contributed by atoms with Crippen LogP contribution in [0, 0.1) is 23.7 Å². The standard InChI is InChI=1S/C36H54Cl2N2O8/c1-21(2)17-30(48-35(44)23(4)20-40-34(43)22(3)18-25-15-16-29(46-6)27(37)19-25)36(45)47-28(13-10-14-31(39)41)24(5)32(38)33(42)26-11-8-7-9-12-26/h7-9,11-12,15-16,19,21-24,28,30-34,40-43H,10,13-14,17-18,20,39H2,1-6H3/t22-,23-,24+,28+,30+,31?,32+,33+,34?/m1/s1. The van der Waals surface area contributed by atoms with E-state index < -0.39 is 59.9 Å². The number of rotatable bonds is 21. The molecule has 270 valence electrons. The van der Waals surface area contributed by atoms with Crippen LogP contribution in [0.4, 0.5) is 0 Å². The monoisotopic (exact) mass is 712 g/mol. The summed E-state index contributed by atoms with van der Waals surface area (Å²) in [5, 5.41) is 34.0. The van der Waals surface area contributed by atoms with Gasteiger partial charge in [0.2, 0.25) is 0 Å². The van der Waals surface area contributed by atoms with E-state index >= 15 is 0 Å². The van der Waals surface area contributed by atoms with Crippen molar-refractivity contribution < 1.29 is 39.1 Å². The zero-order valence-electron chi connectivity index (χ0n) is 28.9. The summed E-state index contributed by atoms with van der Waals surface area (Å²) in [5.74, 6) is -2.14. The van der Waals surface area contributed by atoms with Crippen molar-refractivity contribution >= 4 is 35.1 Å². The Hall–Kier alpha value is -2.44. The Morgan fingerprint density at radius 2 is 1.60 bits per heavy atom. The van der Waals surface area contributed by atoms with E-state index in [1.54, 1.807) is 57.4 Å². The summed E-state index contributed by atoms with van der Waals surface area (Å²) in [6.07, 6.45) is -3.07. The van der Waals surface area contributed by atoms with E-state index in [0.717, 1.165) is 5.56 Å². The van der Waals surface area contributed by atoms with Crippen molar-refractivity contribution in [2.45, 2.75) is 103 Å². The van der Waals surface area contributed by atoms with E-state index in [0.29, 0.717) is 35.6 Å². The minimum atomic E-state index is -1.17. The molecule has 6 N–H and O–H groups in total. The van der Waals surface area contributed by atoms with Crippen LogP contribution in [0.3, 0.4) is 0 Å². The molecule has 0 spiro atoms. The zero-order chi connectivity index (χ0) is 36.0. The van der Waals surface area contributed by atoms with Gasteiger partial charge < -0.3 is 35.3 Å². The van der Waals surface area contributed by atoms with E-state index in [2.05, 4.69) is 5.32 Å². The molecule has 0 aliphatic rings. The number of nitrogens with one attached hydrogen (secondary N) is 1. The minimum Gasteiger partial charge on any atom is -0.495 e. The highest BCUT2D eigenvalue weighted by atomic mass is 35.5. The van der Waals surface area contributed by atoms with E-state index in [9.17, 15) is 24.9 Å². The highest BCUT2D eigenvalue weighted by Crippen LogP contribution is 2.32. The fourth-order valence-corrected chi connectivity index (χ4v) is 5.88. The van der Waals surface area contributed by atoms with Gasteiger partial charge in [-0.3, -0.25) is 10.1 Å². The number of benzene rings is 2. The van der Waals surface area contributed by atoms with Crippen LogP contribution in [0.5, 0.6) is 5.75 Å². The molecule has 2 aromatic rings. The van der Waals surface area contributed by atoms with E-state index in [4.69, 9.17) is 43.1 Å². The second-order valence-corrected chi connectivity index (χ2v) is 14.0. The lowest BCUT2D eigenvalue weighted by molar-refractivity contribution is -0.177. The average molecular weight is 714 g/mol. The van der Waals surface area contributed by atoms with Gasteiger partial charge in [-0.15, -0.1) is 11.6 Å². The van der Waals surface area contributed by atoms with Crippen LogP contribution in [0.15, 0.2) is 48.5 Å². The van der Waals surface area contributed by atoms with E-state index in [1.165, 1.54) is 0 Å². The third-order valence-corrected chi connectivity index (χ3v) is 9.27. The van der Waals surface area contributed by atoms with Crippen LogP contribution in [0.1, 0.15) is 77.5 Å². The molecule has 0 radical (unpaired) electrons. The molecule has 0 heterocycles. The number of carbonyl (C=O) groups is 2. The lowest BCUT2D eigenvalue weighted by Crippen LogP contribution is -2.42. The largest absolute Gasteiger partial charge is 0.495 e. The Morgan fingerprint density at radius 1 is 0.938 bits per heavy atom. The van der Waals surface area contributed by atoms with Crippen LogP contribution in [0.25, 0.3) is 0 Å². The number of aliphatic hydroxyl groups is 3. The van der Waals surface area contributed by atoms with Gasteiger partial charge in [0.25, 0.3) is 0 Å². The summed E-state index contributed by atoms with van der Waals surface area (Å²) in [6.45, 7) is 9.24. The van der Waals surface area contributed by atoms with E-state index in [-0.39, 0.29) is 31.2 Å². The quantitative estimate of drug-likeness (QED) is 0.0647. The summed E-state index contributed by atoms with van der Waals surface area (Å²) in [5.41, 5.74) is 7.09. The van der Waals surface area contributed by atoms with Gasteiger partial charge >= 0.3 is 11.9 Å². The van der Waals surface area contributed by atoms with Crippen molar-refractivity contribution in [3.63, 3.8) is 0 Å². The number of esters is 2. The molecule has 0 saturated carbocycles. The number of hydrogen-bond acceptors (Lipinski definition) is 10. The van der Waals surface area contributed by atoms with Crippen molar-refractivity contribution in [3.8, 4) is 5.75 Å². The normalized spacial score (nSPS) is 17.4. The first-order valence-electron chi connectivity index (χ1n) is 16.6. The van der Waals surface area contributed by atoms with Crippen LogP contribution in [-0.2, 0) is 25.5 Å². The molecule has 0 aliphatic heterocycles. The minimum absolute atomic E-state index is 0.00171. The van der Waals surface area contributed by atoms with Crippen LogP contribution in [0.2, 0.25) is 5.02 Å². The molecule has 2 rings (SSSR count). The lowest BCUT2D eigenvalue weighted by Gasteiger charge is -2.32. The van der Waals surface area contributed by atoms with Crippen LogP contribution >= 0.6 is 23.2 Å². The summed E-state index contributed by atoms with van der Waals surface area (Å²) in [7, 11) is 1.54. The first-order valence-corrected chi connectivity index (χ1v) is 17.4. The fraction of sp³-hybridized carbons (Fsp3) is 0.611. The molecule has 48 heavy (non-hydrogen) atoms. The first kappa shape index (κ1) is 41.7. The Kier molecular flexibility index (Phi) is 18.2. The maximum absolute atomic E-state index is 13.6. The molecule has 12 heteroatoms. The Morgan fingerprint density at radius 3 is 2.19 bits per heavy atom. The number of hydrogen-bond donors (Lipinski definition) is 5. The molecule has 0 saturated heterocycles. The number of carbonyl (C=O) groups excluding carboxylic acids is 2. The maximum Gasteiger partial charge on any atom is 0.347 e. The van der Waals surface area contributed by atoms with Crippen molar-refractivity contribution in [3.05, 3.63) is 64.7 Å². The molecule has 9 atom stereocenters. The predicted molar refractivity (Wildman–Crippen MR) is 188 cm³/mol. The molecule has 0 amide bonds. The van der Waals surface area contributed by atoms with Gasteiger partial charge in [-0.2, -0.15) is 0 Å². The Balaban J connectivity index is 2.05. The first-order chi connectivity index (χ1) is 22.6. The molecular formula is C36H54Cl2N2O8. The number of aliphatic hydroxyl groups excluding tert-OH is 3. The molecule has 10 nitrogen and oxygen atoms in total. The number of nitrogens with two attached hydrogens (primary N) is 1. The van der Waals surface area contributed by atoms with Crippen molar-refractivity contribution in [2.24, 2.45) is 29.4 Å². The highest BCUT2D eigenvalue weighted by molar-refractivity contribution is 6.32. The van der Waals surface area contributed by atoms with Gasteiger partial charge in [-0.25, -0.2) is 4.79 Å². The summed E-state index contributed by atoms with van der Waals surface area (Å²) >= 11 is 13.0. The SMILES string of the molecule is COc1ccc(C[C@@H](C)C(O)NC[C@@H](C)C(=O)O[C@@H](CC(C)C)C(=O)O[C@@H](CCCC(N)O)[C@H](C)[C@H](Cl)[C@@H](O)c2ccccc2)cc1Cl. The molecule has 2 aromatic carbocycles. The smallest absolute Gasteiger partial charge is 0.347 e. The number of ether oxygens (including phenoxy) is 3. The lowest BCUT2D eigenvalue weighted by atomic mass is 9.90. The van der Waals surface area contributed by atoms with Crippen LogP contribution in [-0.4, -0.2) is 71.0 Å². The van der Waals surface area contributed by atoms with E-state index in [1.807, 2.05) is 32.9 Å². The Labute approximate surface area is 295 Å². The van der Waals surface area contributed by atoms with Gasteiger partial charge in [0.05, 0.1) is 29.5 Å². The molecule has 2 unspecified atom stereocenters. The predicted octanol–water partition coefficient (Wildman–Crippen LogP) is 5.37. The summed E-state index contributed by atoms with van der Waals surface area (Å²) in [6, 6.07) is 14.4. The summed E-state index contributed by atoms with van der Waals surface area (Å²) < 4.78 is 16.8. The van der Waals surface area contributed by atoms with Gasteiger partial charge in [-0.1, -0.05) is 82.6 Å². The molecule has 0 fully saturated rings. The maximum atomic E-state index is 13.6. The molecule has 0 aromatic heterocycles. The highest BCUT2D eigenvalue weighted by Gasteiger charge is 2.36. The average Bonchev–Trinajstić information content (AvgIpc) is 3.05. The topological polar surface area (TPSA) is 161 Å². The number of halogens is 2. The number of alkyl halides is 1. The molecule has 0 bridgehead atoms. The summed E-state index contributed by atoms with van der Waals surface area (Å²) in [4.78, 5) is 26.7. The zero-order valence-corrected chi connectivity index (χ0v) is 30.4. The fourth-order valence-electron chi connectivity index (χ4n) is 5.29. The van der Waals surface area contributed by atoms with Crippen molar-refractivity contribution in [1.82, 2.24) is 5.32 Å². The van der Waals surface area contributed by atoms with Gasteiger partial charge in [0, 0.05) is 12.5 Å². The second-order valence-electron chi connectivity index (χ2n) is 13.1. The molecular weight excluding hydrogens is 659 g/mol. The Bertz CT molecular complexity index is 1250. The van der Waals surface area contributed by atoms with Crippen LogP contribution < -0.4 is 15.8 Å². The van der Waals surface area contributed by atoms with Gasteiger partial charge in [0.15, 0.2) is 6.10 Å². The van der Waals surface area contributed by atoms with Crippen molar-refractivity contribution in [1.29, 1.82) is 0 Å². The third kappa shape index (κ3) is 13.8. The van der Waals surface area contributed by atoms with Gasteiger partial charge in [0.1, 0.15) is 24.3 Å². The third-order valence-electron chi connectivity index (χ3n) is 8.34. The molecule has 0 aliphatic carbocycles. The van der Waals surface area contributed by atoms with Gasteiger partial charge in [-0.05, 0) is 67.2 Å².